The highest BCUT2D eigenvalue weighted by Gasteiger charge is 2.72. The van der Waals surface area contributed by atoms with Gasteiger partial charge in [-0.25, -0.2) is 0 Å². The van der Waals surface area contributed by atoms with E-state index in [-0.39, 0.29) is 0 Å². The van der Waals surface area contributed by atoms with Gasteiger partial charge in [0.2, 0.25) is 0 Å². The summed E-state index contributed by atoms with van der Waals surface area (Å²) in [7, 11) is 0. The van der Waals surface area contributed by atoms with E-state index in [1.807, 2.05) is 0 Å². The summed E-state index contributed by atoms with van der Waals surface area (Å²) in [5, 5.41) is 20.5. The lowest BCUT2D eigenvalue weighted by atomic mass is 9.60. The second kappa shape index (κ2) is 2.96. The minimum atomic E-state index is -0.404. The lowest BCUT2D eigenvalue weighted by molar-refractivity contribution is -0.0856. The summed E-state index contributed by atoms with van der Waals surface area (Å²) in [6, 6.07) is 0. The van der Waals surface area contributed by atoms with Crippen LogP contribution in [-0.2, 0) is 0 Å². The van der Waals surface area contributed by atoms with E-state index in [1.54, 1.807) is 0 Å². The van der Waals surface area contributed by atoms with Gasteiger partial charge in [0, 0.05) is 0 Å². The summed E-state index contributed by atoms with van der Waals surface area (Å²) in [5.41, 5.74) is 0. The normalized spacial score (nSPS) is 74.0. The monoisotopic (exact) mass is 258 g/mol. The smallest absolute Gasteiger partial charge is 0.0833 e. The summed E-state index contributed by atoms with van der Waals surface area (Å²) in [4.78, 5) is 0. The van der Waals surface area contributed by atoms with E-state index in [2.05, 4.69) is 12.2 Å². The van der Waals surface area contributed by atoms with Crippen LogP contribution in [0.2, 0.25) is 0 Å². The first-order valence-electron chi connectivity index (χ1n) is 8.30. The van der Waals surface area contributed by atoms with E-state index in [0.29, 0.717) is 11.8 Å². The number of rotatable bonds is 0. The molecule has 12 atom stereocenters. The standard InChI is InChI=1S/C17H22O2/c18-16-10-5-11(17(16)19)15-9-4-8(14(10)15)12-6-1-2-7(3-6)13(9)12/h1-2,6-19H,3-5H2. The zero-order valence-corrected chi connectivity index (χ0v) is 11.1. The summed E-state index contributed by atoms with van der Waals surface area (Å²) in [5.74, 6) is 7.81. The Hall–Kier alpha value is -0.340. The van der Waals surface area contributed by atoms with Crippen molar-refractivity contribution in [1.82, 2.24) is 0 Å². The van der Waals surface area contributed by atoms with Gasteiger partial charge >= 0.3 is 0 Å². The Morgan fingerprint density at radius 1 is 0.579 bits per heavy atom. The number of allylic oxidation sites excluding steroid dienone is 2. The van der Waals surface area contributed by atoms with E-state index in [0.717, 1.165) is 53.8 Å². The molecule has 0 aromatic rings. The molecule has 5 fully saturated rings. The summed E-state index contributed by atoms with van der Waals surface area (Å²) in [6.45, 7) is 0. The predicted molar refractivity (Wildman–Crippen MR) is 69.9 cm³/mol. The lowest BCUT2D eigenvalue weighted by Crippen LogP contribution is -2.48. The SMILES string of the molecule is OC1C(O)C2CC1C1C3CC(C4C5C=CC(C5)C34)C21. The average molecular weight is 258 g/mol. The lowest BCUT2D eigenvalue weighted by Gasteiger charge is -2.46. The van der Waals surface area contributed by atoms with Crippen molar-refractivity contribution in [3.05, 3.63) is 12.2 Å². The van der Waals surface area contributed by atoms with Gasteiger partial charge in [-0.2, -0.15) is 0 Å². The Morgan fingerprint density at radius 3 is 1.58 bits per heavy atom. The van der Waals surface area contributed by atoms with Crippen LogP contribution in [0.25, 0.3) is 0 Å². The molecule has 2 nitrogen and oxygen atoms in total. The van der Waals surface area contributed by atoms with E-state index >= 15 is 0 Å². The van der Waals surface area contributed by atoms with E-state index in [4.69, 9.17) is 0 Å². The number of hydrogen-bond acceptors (Lipinski definition) is 2. The van der Waals surface area contributed by atoms with Crippen LogP contribution in [0, 0.1) is 59.2 Å². The third-order valence-corrected chi connectivity index (χ3v) is 8.31. The molecule has 19 heavy (non-hydrogen) atoms. The third-order valence-electron chi connectivity index (χ3n) is 8.31. The molecule has 6 aliphatic rings. The van der Waals surface area contributed by atoms with Crippen LogP contribution in [-0.4, -0.2) is 22.4 Å². The second-order valence-corrected chi connectivity index (χ2v) is 8.37. The first-order valence-corrected chi connectivity index (χ1v) is 8.30. The molecule has 0 aromatic heterocycles. The number of aliphatic hydroxyl groups is 2. The van der Waals surface area contributed by atoms with Gasteiger partial charge in [0.15, 0.2) is 0 Å². The molecule has 0 amide bonds. The van der Waals surface area contributed by atoms with Gasteiger partial charge in [-0.15, -0.1) is 0 Å². The van der Waals surface area contributed by atoms with Crippen molar-refractivity contribution in [1.29, 1.82) is 0 Å². The van der Waals surface area contributed by atoms with Gasteiger partial charge in [-0.05, 0) is 78.4 Å². The fraction of sp³-hybridized carbons (Fsp3) is 0.882. The summed E-state index contributed by atoms with van der Waals surface area (Å²) >= 11 is 0. The van der Waals surface area contributed by atoms with Gasteiger partial charge in [0.25, 0.3) is 0 Å². The van der Waals surface area contributed by atoms with Crippen molar-refractivity contribution in [2.24, 2.45) is 59.2 Å². The van der Waals surface area contributed by atoms with E-state index in [9.17, 15) is 10.2 Å². The molecule has 102 valence electrons. The van der Waals surface area contributed by atoms with Crippen molar-refractivity contribution >= 4 is 0 Å². The highest BCUT2D eigenvalue weighted by molar-refractivity contribution is 5.25. The predicted octanol–water partition coefficient (Wildman–Crippen LogP) is 1.68. The minimum Gasteiger partial charge on any atom is -0.390 e. The molecule has 0 spiro atoms. The highest BCUT2D eigenvalue weighted by Crippen LogP contribution is 2.75. The van der Waals surface area contributed by atoms with Crippen molar-refractivity contribution < 1.29 is 10.2 Å². The molecule has 5 saturated carbocycles. The quantitative estimate of drug-likeness (QED) is 0.512. The third kappa shape index (κ3) is 0.919. The molecule has 0 radical (unpaired) electrons. The Labute approximate surface area is 113 Å². The zero-order valence-electron chi connectivity index (χ0n) is 11.1. The van der Waals surface area contributed by atoms with Crippen LogP contribution < -0.4 is 0 Å². The second-order valence-electron chi connectivity index (χ2n) is 8.37. The van der Waals surface area contributed by atoms with Gasteiger partial charge < -0.3 is 10.2 Å². The van der Waals surface area contributed by atoms with Crippen LogP contribution >= 0.6 is 0 Å². The molecule has 0 aromatic carbocycles. The van der Waals surface area contributed by atoms with Gasteiger partial charge in [0.1, 0.15) is 0 Å². The Morgan fingerprint density at radius 2 is 1.05 bits per heavy atom. The summed E-state index contributed by atoms with van der Waals surface area (Å²) < 4.78 is 0. The highest BCUT2D eigenvalue weighted by atomic mass is 16.3. The minimum absolute atomic E-state index is 0.404. The first kappa shape index (κ1) is 10.4. The van der Waals surface area contributed by atoms with Crippen molar-refractivity contribution in [3.63, 3.8) is 0 Å². The maximum atomic E-state index is 10.3. The van der Waals surface area contributed by atoms with Gasteiger partial charge in [-0.1, -0.05) is 12.2 Å². The van der Waals surface area contributed by atoms with Crippen LogP contribution in [0.15, 0.2) is 12.2 Å². The van der Waals surface area contributed by atoms with Crippen LogP contribution in [0.1, 0.15) is 19.3 Å². The number of hydrogen-bond donors (Lipinski definition) is 2. The molecule has 6 aliphatic carbocycles. The maximum Gasteiger partial charge on any atom is 0.0833 e. The molecule has 0 saturated heterocycles. The molecule has 0 heterocycles. The number of fused-ring (bicyclic) bond motifs is 16. The molecule has 2 N–H and O–H groups in total. The van der Waals surface area contributed by atoms with Crippen molar-refractivity contribution in [3.8, 4) is 0 Å². The molecule has 12 unspecified atom stereocenters. The Bertz CT molecular complexity index is 446. The molecular weight excluding hydrogens is 236 g/mol. The molecule has 0 aliphatic heterocycles. The average Bonchev–Trinajstić information content (AvgIpc) is 3.15. The largest absolute Gasteiger partial charge is 0.390 e. The Balaban J connectivity index is 1.45. The number of aliphatic hydroxyl groups excluding tert-OH is 2. The van der Waals surface area contributed by atoms with E-state index < -0.39 is 12.2 Å². The van der Waals surface area contributed by atoms with E-state index in [1.165, 1.54) is 12.8 Å². The van der Waals surface area contributed by atoms with Crippen molar-refractivity contribution in [2.75, 3.05) is 0 Å². The first-order chi connectivity index (χ1) is 9.25. The molecule has 2 heteroatoms. The summed E-state index contributed by atoms with van der Waals surface area (Å²) in [6.07, 6.45) is 8.15. The maximum absolute atomic E-state index is 10.3. The van der Waals surface area contributed by atoms with Crippen molar-refractivity contribution in [2.45, 2.75) is 31.5 Å². The van der Waals surface area contributed by atoms with Crippen LogP contribution in [0.5, 0.6) is 0 Å². The zero-order chi connectivity index (χ0) is 12.5. The fourth-order valence-corrected chi connectivity index (χ4v) is 8.21. The van der Waals surface area contributed by atoms with Gasteiger partial charge in [0.05, 0.1) is 12.2 Å². The van der Waals surface area contributed by atoms with Gasteiger partial charge in [-0.3, -0.25) is 0 Å². The fourth-order valence-electron chi connectivity index (χ4n) is 8.21. The Kier molecular flexibility index (Phi) is 1.62. The molecule has 6 rings (SSSR count). The molecule has 6 bridgehead atoms. The van der Waals surface area contributed by atoms with Crippen LogP contribution in [0.4, 0.5) is 0 Å². The topological polar surface area (TPSA) is 40.5 Å². The van der Waals surface area contributed by atoms with Crippen LogP contribution in [0.3, 0.4) is 0 Å². The molecular formula is C17H22O2.